The lowest BCUT2D eigenvalue weighted by Gasteiger charge is -2.08. The van der Waals surface area contributed by atoms with Gasteiger partial charge in [-0.1, -0.05) is 31.9 Å². The third kappa shape index (κ3) is 8.19. The summed E-state index contributed by atoms with van der Waals surface area (Å²) < 4.78 is 2.05. The molecule has 0 bridgehead atoms. The number of nitrogens with one attached hydrogen (secondary N) is 2. The van der Waals surface area contributed by atoms with Gasteiger partial charge < -0.3 is 10.6 Å². The van der Waals surface area contributed by atoms with Crippen LogP contribution in [0.25, 0.3) is 0 Å². The molecule has 2 aromatic rings. The van der Waals surface area contributed by atoms with Crippen molar-refractivity contribution in [3.05, 3.63) is 56.5 Å². The molecule has 0 aliphatic heterocycles. The van der Waals surface area contributed by atoms with Gasteiger partial charge in [-0.3, -0.25) is 9.59 Å². The smallest absolute Gasteiger partial charge is 0.234 e. The van der Waals surface area contributed by atoms with Crippen LogP contribution in [0, 0.1) is 13.8 Å². The standard InChI is InChI=1S/C20H22Br2N2O2S2/c1-13-9-15(3-5-17(13)21)23-19(25)11-27-7-8-28-12-20(26)24-16-4-6-18(22)14(2)10-16/h3-6,9-10H,7-8,11-12H2,1-2H3,(H,23,25)(H,24,26). The van der Waals surface area contributed by atoms with Crippen molar-refractivity contribution in [2.75, 3.05) is 33.6 Å². The topological polar surface area (TPSA) is 58.2 Å². The Kier molecular flexibility index (Phi) is 9.91. The molecule has 28 heavy (non-hydrogen) atoms. The molecule has 2 aromatic carbocycles. The van der Waals surface area contributed by atoms with E-state index in [1.54, 1.807) is 23.5 Å². The predicted molar refractivity (Wildman–Crippen MR) is 130 cm³/mol. The van der Waals surface area contributed by atoms with Gasteiger partial charge in [0.05, 0.1) is 11.5 Å². The Morgan fingerprint density at radius 1 is 0.786 bits per heavy atom. The highest BCUT2D eigenvalue weighted by atomic mass is 79.9. The summed E-state index contributed by atoms with van der Waals surface area (Å²) in [5.41, 5.74) is 3.78. The van der Waals surface area contributed by atoms with Gasteiger partial charge in [-0.25, -0.2) is 0 Å². The number of aryl methyl sites for hydroxylation is 2. The highest BCUT2D eigenvalue weighted by Crippen LogP contribution is 2.21. The van der Waals surface area contributed by atoms with Gasteiger partial charge in [-0.2, -0.15) is 23.5 Å². The fourth-order valence-electron chi connectivity index (χ4n) is 2.29. The molecule has 0 atom stereocenters. The van der Waals surface area contributed by atoms with Gasteiger partial charge in [-0.05, 0) is 61.4 Å². The fourth-order valence-corrected chi connectivity index (χ4v) is 4.53. The van der Waals surface area contributed by atoms with Gasteiger partial charge in [-0.15, -0.1) is 0 Å². The van der Waals surface area contributed by atoms with Crippen molar-refractivity contribution in [2.45, 2.75) is 13.8 Å². The molecule has 8 heteroatoms. The molecular weight excluding hydrogens is 524 g/mol. The van der Waals surface area contributed by atoms with Crippen LogP contribution in [0.4, 0.5) is 11.4 Å². The molecule has 0 aliphatic carbocycles. The van der Waals surface area contributed by atoms with E-state index in [2.05, 4.69) is 42.5 Å². The quantitative estimate of drug-likeness (QED) is 0.387. The molecule has 2 N–H and O–H groups in total. The van der Waals surface area contributed by atoms with Gasteiger partial charge in [0, 0.05) is 31.8 Å². The van der Waals surface area contributed by atoms with E-state index in [9.17, 15) is 9.59 Å². The van der Waals surface area contributed by atoms with Gasteiger partial charge in [0.15, 0.2) is 0 Å². The van der Waals surface area contributed by atoms with Crippen LogP contribution < -0.4 is 10.6 Å². The predicted octanol–water partition coefficient (Wildman–Crippen LogP) is 5.87. The second kappa shape index (κ2) is 11.9. The van der Waals surface area contributed by atoms with E-state index < -0.39 is 0 Å². The maximum Gasteiger partial charge on any atom is 0.234 e. The molecule has 0 spiro atoms. The molecule has 2 rings (SSSR count). The Morgan fingerprint density at radius 2 is 1.18 bits per heavy atom. The third-order valence-electron chi connectivity index (χ3n) is 3.72. The van der Waals surface area contributed by atoms with Gasteiger partial charge in [0.1, 0.15) is 0 Å². The van der Waals surface area contributed by atoms with Crippen LogP contribution in [0.5, 0.6) is 0 Å². The normalized spacial score (nSPS) is 10.6. The van der Waals surface area contributed by atoms with Crippen molar-refractivity contribution in [3.8, 4) is 0 Å². The summed E-state index contributed by atoms with van der Waals surface area (Å²) in [6.45, 7) is 3.97. The van der Waals surface area contributed by atoms with Crippen LogP contribution >= 0.6 is 55.4 Å². The Balaban J connectivity index is 1.58. The van der Waals surface area contributed by atoms with Gasteiger partial charge in [0.25, 0.3) is 0 Å². The van der Waals surface area contributed by atoms with E-state index in [4.69, 9.17) is 0 Å². The largest absolute Gasteiger partial charge is 0.325 e. The number of hydrogen-bond donors (Lipinski definition) is 2. The number of rotatable bonds is 9. The summed E-state index contributed by atoms with van der Waals surface area (Å²) in [5, 5.41) is 5.80. The van der Waals surface area contributed by atoms with Crippen molar-refractivity contribution in [1.82, 2.24) is 0 Å². The number of amides is 2. The minimum Gasteiger partial charge on any atom is -0.325 e. The molecule has 0 saturated heterocycles. The molecule has 0 unspecified atom stereocenters. The molecular formula is C20H22Br2N2O2S2. The Morgan fingerprint density at radius 3 is 1.54 bits per heavy atom. The van der Waals surface area contributed by atoms with E-state index >= 15 is 0 Å². The molecule has 2 amide bonds. The van der Waals surface area contributed by atoms with Crippen molar-refractivity contribution >= 4 is 78.6 Å². The summed E-state index contributed by atoms with van der Waals surface area (Å²) in [4.78, 5) is 24.0. The van der Waals surface area contributed by atoms with Crippen LogP contribution in [-0.2, 0) is 9.59 Å². The summed E-state index contributed by atoms with van der Waals surface area (Å²) in [6.07, 6.45) is 0. The summed E-state index contributed by atoms with van der Waals surface area (Å²) >= 11 is 10.0. The van der Waals surface area contributed by atoms with E-state index in [0.29, 0.717) is 11.5 Å². The van der Waals surface area contributed by atoms with E-state index in [1.807, 2.05) is 50.2 Å². The Bertz CT molecular complexity index is 777. The second-order valence-corrected chi connectivity index (χ2v) is 10.0. The lowest BCUT2D eigenvalue weighted by Crippen LogP contribution is -2.15. The first-order valence-corrected chi connectivity index (χ1v) is 12.5. The van der Waals surface area contributed by atoms with E-state index in [1.165, 1.54) is 0 Å². The second-order valence-electron chi connectivity index (χ2n) is 6.13. The molecule has 0 fully saturated rings. The number of carbonyl (C=O) groups is 2. The summed E-state index contributed by atoms with van der Waals surface area (Å²) in [6, 6.07) is 11.5. The van der Waals surface area contributed by atoms with Gasteiger partial charge >= 0.3 is 0 Å². The molecule has 0 aromatic heterocycles. The zero-order chi connectivity index (χ0) is 20.5. The van der Waals surface area contributed by atoms with Crippen molar-refractivity contribution in [3.63, 3.8) is 0 Å². The average molecular weight is 546 g/mol. The number of benzene rings is 2. The first kappa shape index (κ1) is 23.3. The highest BCUT2D eigenvalue weighted by molar-refractivity contribution is 9.10. The van der Waals surface area contributed by atoms with Crippen LogP contribution in [0.1, 0.15) is 11.1 Å². The lowest BCUT2D eigenvalue weighted by molar-refractivity contribution is -0.114. The summed E-state index contributed by atoms with van der Waals surface area (Å²) in [7, 11) is 0. The molecule has 150 valence electrons. The molecule has 4 nitrogen and oxygen atoms in total. The number of halogens is 2. The number of carbonyl (C=O) groups excluding carboxylic acids is 2. The first-order chi connectivity index (χ1) is 13.3. The fraction of sp³-hybridized carbons (Fsp3) is 0.300. The molecule has 0 saturated carbocycles. The first-order valence-electron chi connectivity index (χ1n) is 8.62. The monoisotopic (exact) mass is 544 g/mol. The van der Waals surface area contributed by atoms with E-state index in [0.717, 1.165) is 43.0 Å². The maximum atomic E-state index is 12.0. The van der Waals surface area contributed by atoms with Crippen molar-refractivity contribution in [1.29, 1.82) is 0 Å². The zero-order valence-electron chi connectivity index (χ0n) is 15.7. The Hall–Kier alpha value is -0.960. The number of hydrogen-bond acceptors (Lipinski definition) is 4. The lowest BCUT2D eigenvalue weighted by atomic mass is 10.2. The molecule has 0 radical (unpaired) electrons. The van der Waals surface area contributed by atoms with Crippen LogP contribution in [0.3, 0.4) is 0 Å². The minimum absolute atomic E-state index is 0.0138. The van der Waals surface area contributed by atoms with Crippen molar-refractivity contribution in [2.24, 2.45) is 0 Å². The summed E-state index contributed by atoms with van der Waals surface area (Å²) in [5.74, 6) is 2.42. The van der Waals surface area contributed by atoms with Crippen LogP contribution in [0.15, 0.2) is 45.3 Å². The van der Waals surface area contributed by atoms with Crippen molar-refractivity contribution < 1.29 is 9.59 Å². The molecule has 0 aliphatic rings. The molecule has 0 heterocycles. The number of thioether (sulfide) groups is 2. The van der Waals surface area contributed by atoms with Crippen LogP contribution in [-0.4, -0.2) is 34.8 Å². The Labute approximate surface area is 191 Å². The van der Waals surface area contributed by atoms with Gasteiger partial charge in [0.2, 0.25) is 11.8 Å². The maximum absolute atomic E-state index is 12.0. The minimum atomic E-state index is -0.0138. The SMILES string of the molecule is Cc1cc(NC(=O)CSCCSCC(=O)Nc2ccc(Br)c(C)c2)ccc1Br. The van der Waals surface area contributed by atoms with Crippen LogP contribution in [0.2, 0.25) is 0 Å². The zero-order valence-corrected chi connectivity index (χ0v) is 20.5. The van der Waals surface area contributed by atoms with E-state index in [-0.39, 0.29) is 11.8 Å². The highest BCUT2D eigenvalue weighted by Gasteiger charge is 2.06. The number of anilines is 2. The average Bonchev–Trinajstić information content (AvgIpc) is 2.64. The third-order valence-corrected chi connectivity index (χ3v) is 7.68.